The van der Waals surface area contributed by atoms with Gasteiger partial charge in [0.1, 0.15) is 12.1 Å². The van der Waals surface area contributed by atoms with E-state index in [-0.39, 0.29) is 12.0 Å². The van der Waals surface area contributed by atoms with Crippen molar-refractivity contribution in [1.29, 1.82) is 0 Å². The molecule has 2 aromatic heterocycles. The quantitative estimate of drug-likeness (QED) is 0.775. The van der Waals surface area contributed by atoms with E-state index in [0.717, 1.165) is 16.3 Å². The van der Waals surface area contributed by atoms with Gasteiger partial charge in [0.15, 0.2) is 0 Å². The maximum atomic E-state index is 12.9. The summed E-state index contributed by atoms with van der Waals surface area (Å²) in [6.07, 6.45) is -2.61. The van der Waals surface area contributed by atoms with Gasteiger partial charge < -0.3 is 5.32 Å². The van der Waals surface area contributed by atoms with Crippen LogP contribution in [0.1, 0.15) is 11.1 Å². The van der Waals surface area contributed by atoms with E-state index < -0.39 is 11.7 Å². The van der Waals surface area contributed by atoms with Crippen molar-refractivity contribution < 1.29 is 13.2 Å². The van der Waals surface area contributed by atoms with Crippen molar-refractivity contribution in [1.82, 2.24) is 9.97 Å². The van der Waals surface area contributed by atoms with Crippen molar-refractivity contribution in [2.24, 2.45) is 0 Å². The Morgan fingerprint density at radius 2 is 1.91 bits per heavy atom. The van der Waals surface area contributed by atoms with E-state index in [4.69, 9.17) is 0 Å². The SMILES string of the molecule is FC(F)(F)c1ccccc1CCNc1ncnc2ccsc12. The molecule has 0 aliphatic carbocycles. The van der Waals surface area contributed by atoms with Crippen LogP contribution in [0.5, 0.6) is 0 Å². The highest BCUT2D eigenvalue weighted by atomic mass is 32.1. The normalized spacial score (nSPS) is 11.8. The van der Waals surface area contributed by atoms with Crippen LogP contribution in [0.4, 0.5) is 19.0 Å². The first-order valence-electron chi connectivity index (χ1n) is 6.63. The molecule has 0 saturated carbocycles. The van der Waals surface area contributed by atoms with E-state index in [2.05, 4.69) is 15.3 Å². The number of aromatic nitrogens is 2. The molecule has 0 amide bonds. The van der Waals surface area contributed by atoms with Crippen LogP contribution in [0.3, 0.4) is 0 Å². The minimum Gasteiger partial charge on any atom is -0.368 e. The summed E-state index contributed by atoms with van der Waals surface area (Å²) in [5.41, 5.74) is 0.526. The molecule has 0 spiro atoms. The topological polar surface area (TPSA) is 37.8 Å². The van der Waals surface area contributed by atoms with Crippen molar-refractivity contribution in [2.75, 3.05) is 11.9 Å². The summed E-state index contributed by atoms with van der Waals surface area (Å²) in [7, 11) is 0. The highest BCUT2D eigenvalue weighted by Gasteiger charge is 2.32. The molecular weight excluding hydrogens is 311 g/mol. The van der Waals surface area contributed by atoms with Crippen LogP contribution in [0.15, 0.2) is 42.0 Å². The fourth-order valence-electron chi connectivity index (χ4n) is 2.25. The number of benzene rings is 1. The third kappa shape index (κ3) is 3.04. The van der Waals surface area contributed by atoms with E-state index in [0.29, 0.717) is 12.4 Å². The minimum atomic E-state index is -4.33. The van der Waals surface area contributed by atoms with Crippen LogP contribution in [-0.2, 0) is 12.6 Å². The molecule has 114 valence electrons. The van der Waals surface area contributed by atoms with Gasteiger partial charge in [0.05, 0.1) is 15.8 Å². The first kappa shape index (κ1) is 14.8. The Bertz CT molecular complexity index is 783. The second-order valence-electron chi connectivity index (χ2n) is 4.69. The fourth-order valence-corrected chi connectivity index (χ4v) is 3.06. The molecule has 7 heteroatoms. The van der Waals surface area contributed by atoms with Gasteiger partial charge in [-0.3, -0.25) is 0 Å². The Balaban J connectivity index is 1.73. The Morgan fingerprint density at radius 3 is 2.73 bits per heavy atom. The summed E-state index contributed by atoms with van der Waals surface area (Å²) >= 11 is 1.50. The number of nitrogens with zero attached hydrogens (tertiary/aromatic N) is 2. The van der Waals surface area contributed by atoms with Crippen LogP contribution in [0, 0.1) is 0 Å². The Kier molecular flexibility index (Phi) is 3.98. The van der Waals surface area contributed by atoms with Gasteiger partial charge in [-0.25, -0.2) is 9.97 Å². The molecule has 0 saturated heterocycles. The number of halogens is 3. The maximum absolute atomic E-state index is 12.9. The first-order valence-corrected chi connectivity index (χ1v) is 7.51. The van der Waals surface area contributed by atoms with Crippen LogP contribution in [0.25, 0.3) is 10.2 Å². The van der Waals surface area contributed by atoms with Crippen molar-refractivity contribution in [3.63, 3.8) is 0 Å². The molecule has 3 aromatic rings. The number of nitrogens with one attached hydrogen (secondary N) is 1. The molecule has 3 nitrogen and oxygen atoms in total. The number of anilines is 1. The van der Waals surface area contributed by atoms with E-state index in [1.165, 1.54) is 29.8 Å². The lowest BCUT2D eigenvalue weighted by atomic mass is 10.0. The van der Waals surface area contributed by atoms with E-state index >= 15 is 0 Å². The van der Waals surface area contributed by atoms with Gasteiger partial charge in [0.25, 0.3) is 0 Å². The molecule has 1 N–H and O–H groups in total. The van der Waals surface area contributed by atoms with Gasteiger partial charge in [-0.2, -0.15) is 13.2 Å². The zero-order chi connectivity index (χ0) is 15.6. The van der Waals surface area contributed by atoms with Gasteiger partial charge >= 0.3 is 6.18 Å². The molecule has 0 atom stereocenters. The van der Waals surface area contributed by atoms with Crippen LogP contribution >= 0.6 is 11.3 Å². The van der Waals surface area contributed by atoms with Crippen molar-refractivity contribution in [3.8, 4) is 0 Å². The van der Waals surface area contributed by atoms with Crippen LogP contribution in [-0.4, -0.2) is 16.5 Å². The summed E-state index contributed by atoms with van der Waals surface area (Å²) in [6.45, 7) is 0.372. The Morgan fingerprint density at radius 1 is 1.09 bits per heavy atom. The number of hydrogen-bond donors (Lipinski definition) is 1. The van der Waals surface area contributed by atoms with E-state index in [1.807, 2.05) is 11.4 Å². The highest BCUT2D eigenvalue weighted by Crippen LogP contribution is 2.32. The van der Waals surface area contributed by atoms with Gasteiger partial charge in [-0.15, -0.1) is 11.3 Å². The lowest BCUT2D eigenvalue weighted by Gasteiger charge is -2.13. The standard InChI is InChI=1S/C15H12F3N3S/c16-15(17,18)11-4-2-1-3-10(11)5-7-19-14-13-12(6-8-22-13)20-9-21-14/h1-4,6,8-9H,5,7H2,(H,19,20,21). The average Bonchev–Trinajstić information content (AvgIpc) is 2.96. The Hall–Kier alpha value is -2.15. The summed E-state index contributed by atoms with van der Waals surface area (Å²) < 4.78 is 39.7. The van der Waals surface area contributed by atoms with Gasteiger partial charge in [-0.1, -0.05) is 18.2 Å². The number of thiophene rings is 1. The predicted molar refractivity (Wildman–Crippen MR) is 81.1 cm³/mol. The molecule has 0 aliphatic heterocycles. The fraction of sp³-hybridized carbons (Fsp3) is 0.200. The summed E-state index contributed by atoms with van der Waals surface area (Å²) in [5, 5.41) is 5.00. The monoisotopic (exact) mass is 323 g/mol. The lowest BCUT2D eigenvalue weighted by Crippen LogP contribution is -2.13. The largest absolute Gasteiger partial charge is 0.416 e. The molecule has 0 radical (unpaired) electrons. The molecule has 2 heterocycles. The molecule has 0 fully saturated rings. The van der Waals surface area contributed by atoms with Gasteiger partial charge in [0.2, 0.25) is 0 Å². The summed E-state index contributed by atoms with van der Waals surface area (Å²) in [6, 6.07) is 7.51. The third-order valence-corrected chi connectivity index (χ3v) is 4.16. The Labute approximate surface area is 128 Å². The zero-order valence-corrected chi connectivity index (χ0v) is 12.2. The minimum absolute atomic E-state index is 0.270. The third-order valence-electron chi connectivity index (χ3n) is 3.25. The van der Waals surface area contributed by atoms with E-state index in [1.54, 1.807) is 6.07 Å². The number of rotatable bonds is 4. The van der Waals surface area contributed by atoms with Gasteiger partial charge in [0, 0.05) is 6.54 Å². The first-order chi connectivity index (χ1) is 10.6. The molecule has 0 bridgehead atoms. The maximum Gasteiger partial charge on any atom is 0.416 e. The van der Waals surface area contributed by atoms with Crippen molar-refractivity contribution >= 4 is 27.4 Å². The summed E-state index contributed by atoms with van der Waals surface area (Å²) in [4.78, 5) is 8.27. The van der Waals surface area contributed by atoms with E-state index in [9.17, 15) is 13.2 Å². The predicted octanol–water partition coefficient (Wildman–Crippen LogP) is 4.36. The lowest BCUT2D eigenvalue weighted by molar-refractivity contribution is -0.138. The number of fused-ring (bicyclic) bond motifs is 1. The van der Waals surface area contributed by atoms with Crippen molar-refractivity contribution in [2.45, 2.75) is 12.6 Å². The van der Waals surface area contributed by atoms with Crippen LogP contribution in [0.2, 0.25) is 0 Å². The van der Waals surface area contributed by atoms with Crippen LogP contribution < -0.4 is 5.32 Å². The number of alkyl halides is 3. The van der Waals surface area contributed by atoms with Crippen molar-refractivity contribution in [3.05, 3.63) is 53.2 Å². The second kappa shape index (κ2) is 5.92. The molecule has 0 unspecified atom stereocenters. The average molecular weight is 323 g/mol. The highest BCUT2D eigenvalue weighted by molar-refractivity contribution is 7.17. The molecule has 1 aromatic carbocycles. The molecular formula is C15H12F3N3S. The smallest absolute Gasteiger partial charge is 0.368 e. The molecule has 0 aliphatic rings. The molecule has 22 heavy (non-hydrogen) atoms. The zero-order valence-electron chi connectivity index (χ0n) is 11.4. The molecule has 3 rings (SSSR count). The second-order valence-corrected chi connectivity index (χ2v) is 5.61. The van der Waals surface area contributed by atoms with Gasteiger partial charge in [-0.05, 0) is 29.5 Å². The number of hydrogen-bond acceptors (Lipinski definition) is 4. The summed E-state index contributed by atoms with van der Waals surface area (Å²) in [5.74, 6) is 0.657.